The van der Waals surface area contributed by atoms with Crippen molar-refractivity contribution < 1.29 is 5.11 Å². The summed E-state index contributed by atoms with van der Waals surface area (Å²) in [7, 11) is 0. The van der Waals surface area contributed by atoms with E-state index in [2.05, 4.69) is 46.7 Å². The fraction of sp³-hybridized carbons (Fsp3) is 0.176. The van der Waals surface area contributed by atoms with Crippen LogP contribution in [-0.2, 0) is 0 Å². The monoisotopic (exact) mass is 277 g/mol. The van der Waals surface area contributed by atoms with Gasteiger partial charge in [-0.3, -0.25) is 0 Å². The average Bonchev–Trinajstić information content (AvgIpc) is 3.09. The van der Waals surface area contributed by atoms with E-state index in [-0.39, 0.29) is 6.04 Å². The summed E-state index contributed by atoms with van der Waals surface area (Å²) in [4.78, 5) is 0. The zero-order chi connectivity index (χ0) is 14.4. The van der Waals surface area contributed by atoms with Gasteiger partial charge in [0.2, 0.25) is 0 Å². The normalized spacial score (nSPS) is 14.8. The lowest BCUT2D eigenvalue weighted by Gasteiger charge is -2.13. The number of benzene rings is 2. The summed E-state index contributed by atoms with van der Waals surface area (Å²) in [6, 6.07) is 16.8. The number of rotatable bonds is 2. The van der Waals surface area contributed by atoms with Crippen molar-refractivity contribution in [1.82, 2.24) is 15.0 Å². The van der Waals surface area contributed by atoms with Gasteiger partial charge in [-0.25, -0.2) is 4.68 Å². The Bertz CT molecular complexity index is 762. The van der Waals surface area contributed by atoms with E-state index in [1.54, 1.807) is 6.92 Å². The Morgan fingerprint density at radius 1 is 1.00 bits per heavy atom. The van der Waals surface area contributed by atoms with Crippen molar-refractivity contribution in [3.8, 4) is 11.1 Å². The van der Waals surface area contributed by atoms with E-state index in [1.807, 2.05) is 23.0 Å². The van der Waals surface area contributed by atoms with E-state index in [0.717, 1.165) is 0 Å². The number of hydrogen-bond acceptors (Lipinski definition) is 3. The molecule has 3 aromatic rings. The molecule has 104 valence electrons. The standard InChI is InChI=1S/C17H15N3O/c1-11(21)16-10-20(19-18-16)17-14-8-4-2-6-12(14)13-7-3-5-9-15(13)17/h2-11,17,21H,1H3. The van der Waals surface area contributed by atoms with Gasteiger partial charge >= 0.3 is 0 Å². The molecular formula is C17H15N3O. The van der Waals surface area contributed by atoms with Crippen LogP contribution in [0.2, 0.25) is 0 Å². The van der Waals surface area contributed by atoms with Crippen molar-refractivity contribution in [3.63, 3.8) is 0 Å². The molecule has 0 saturated heterocycles. The molecule has 2 aromatic carbocycles. The predicted molar refractivity (Wildman–Crippen MR) is 79.8 cm³/mol. The van der Waals surface area contributed by atoms with Crippen molar-refractivity contribution in [2.75, 3.05) is 0 Å². The third kappa shape index (κ3) is 1.80. The van der Waals surface area contributed by atoms with Crippen molar-refractivity contribution in [3.05, 3.63) is 71.5 Å². The second kappa shape index (κ2) is 4.53. The van der Waals surface area contributed by atoms with E-state index in [9.17, 15) is 5.11 Å². The highest BCUT2D eigenvalue weighted by Gasteiger charge is 2.30. The highest BCUT2D eigenvalue weighted by atomic mass is 16.3. The summed E-state index contributed by atoms with van der Waals surface area (Å²) >= 11 is 0. The molecule has 1 heterocycles. The van der Waals surface area contributed by atoms with E-state index < -0.39 is 6.10 Å². The van der Waals surface area contributed by atoms with Gasteiger partial charge in [0.05, 0.1) is 12.3 Å². The topological polar surface area (TPSA) is 50.9 Å². The molecule has 0 saturated carbocycles. The fourth-order valence-corrected chi connectivity index (χ4v) is 3.02. The van der Waals surface area contributed by atoms with E-state index >= 15 is 0 Å². The summed E-state index contributed by atoms with van der Waals surface area (Å²) in [5.41, 5.74) is 5.53. The van der Waals surface area contributed by atoms with Crippen molar-refractivity contribution in [2.24, 2.45) is 0 Å². The smallest absolute Gasteiger partial charge is 0.111 e. The van der Waals surface area contributed by atoms with Gasteiger partial charge in [-0.2, -0.15) is 0 Å². The van der Waals surface area contributed by atoms with E-state index in [4.69, 9.17) is 0 Å². The number of hydrogen-bond donors (Lipinski definition) is 1. The second-order valence-corrected chi connectivity index (χ2v) is 5.38. The van der Waals surface area contributed by atoms with Gasteiger partial charge in [0, 0.05) is 0 Å². The number of aliphatic hydroxyl groups excluding tert-OH is 1. The molecule has 1 unspecified atom stereocenters. The molecule has 1 aliphatic rings. The molecule has 1 aromatic heterocycles. The quantitative estimate of drug-likeness (QED) is 0.613. The van der Waals surface area contributed by atoms with Crippen LogP contribution >= 0.6 is 0 Å². The molecule has 4 heteroatoms. The first kappa shape index (κ1) is 12.3. The first-order chi connectivity index (χ1) is 10.3. The van der Waals surface area contributed by atoms with Gasteiger partial charge in [0.15, 0.2) is 0 Å². The maximum atomic E-state index is 9.65. The Kier molecular flexibility index (Phi) is 2.65. The molecule has 0 fully saturated rings. The zero-order valence-electron chi connectivity index (χ0n) is 11.6. The molecule has 1 N–H and O–H groups in total. The number of nitrogens with zero attached hydrogens (tertiary/aromatic N) is 3. The molecule has 0 aliphatic heterocycles. The summed E-state index contributed by atoms with van der Waals surface area (Å²) in [6.07, 6.45) is 1.22. The highest BCUT2D eigenvalue weighted by Crippen LogP contribution is 2.44. The minimum atomic E-state index is -0.606. The third-order valence-corrected chi connectivity index (χ3v) is 4.02. The van der Waals surface area contributed by atoms with Crippen LogP contribution in [0.25, 0.3) is 11.1 Å². The lowest BCUT2D eigenvalue weighted by molar-refractivity contribution is 0.194. The van der Waals surface area contributed by atoms with Crippen LogP contribution in [0, 0.1) is 0 Å². The minimum absolute atomic E-state index is 0.0254. The van der Waals surface area contributed by atoms with Crippen molar-refractivity contribution >= 4 is 0 Å². The van der Waals surface area contributed by atoms with Crippen molar-refractivity contribution in [1.29, 1.82) is 0 Å². The third-order valence-electron chi connectivity index (χ3n) is 4.02. The van der Waals surface area contributed by atoms with Gasteiger partial charge in [-0.15, -0.1) is 5.10 Å². The van der Waals surface area contributed by atoms with Crippen molar-refractivity contribution in [2.45, 2.75) is 19.1 Å². The van der Waals surface area contributed by atoms with Crippen LogP contribution < -0.4 is 0 Å². The molecule has 0 bridgehead atoms. The molecule has 0 amide bonds. The predicted octanol–water partition coefficient (Wildman–Crippen LogP) is 2.95. The van der Waals surface area contributed by atoms with Crippen LogP contribution in [0.4, 0.5) is 0 Å². The van der Waals surface area contributed by atoms with Gasteiger partial charge in [-0.1, -0.05) is 53.7 Å². The Labute approximate surface area is 122 Å². The molecule has 0 radical (unpaired) electrons. The van der Waals surface area contributed by atoms with E-state index in [0.29, 0.717) is 5.69 Å². The highest BCUT2D eigenvalue weighted by molar-refractivity contribution is 5.78. The molecular weight excluding hydrogens is 262 g/mol. The fourth-order valence-electron chi connectivity index (χ4n) is 3.02. The summed E-state index contributed by atoms with van der Waals surface area (Å²) in [5, 5.41) is 17.9. The zero-order valence-corrected chi connectivity index (χ0v) is 11.6. The second-order valence-electron chi connectivity index (χ2n) is 5.38. The lowest BCUT2D eigenvalue weighted by Crippen LogP contribution is -2.10. The van der Waals surface area contributed by atoms with Crippen LogP contribution in [0.1, 0.15) is 35.9 Å². The number of aliphatic hydroxyl groups is 1. The number of fused-ring (bicyclic) bond motifs is 3. The Balaban J connectivity index is 1.92. The van der Waals surface area contributed by atoms with Crippen LogP contribution in [-0.4, -0.2) is 20.1 Å². The molecule has 21 heavy (non-hydrogen) atoms. The molecule has 4 rings (SSSR count). The first-order valence-electron chi connectivity index (χ1n) is 7.03. The molecule has 0 spiro atoms. The first-order valence-corrected chi connectivity index (χ1v) is 7.03. The van der Waals surface area contributed by atoms with E-state index in [1.165, 1.54) is 22.3 Å². The Morgan fingerprint density at radius 3 is 2.10 bits per heavy atom. The maximum absolute atomic E-state index is 9.65. The molecule has 4 nitrogen and oxygen atoms in total. The summed E-state index contributed by atoms with van der Waals surface area (Å²) < 4.78 is 1.84. The molecule has 1 aliphatic carbocycles. The summed E-state index contributed by atoms with van der Waals surface area (Å²) in [5.74, 6) is 0. The van der Waals surface area contributed by atoms with Crippen LogP contribution in [0.5, 0.6) is 0 Å². The molecule has 1 atom stereocenters. The summed E-state index contributed by atoms with van der Waals surface area (Å²) in [6.45, 7) is 1.70. The number of aromatic nitrogens is 3. The largest absolute Gasteiger partial charge is 0.387 e. The lowest BCUT2D eigenvalue weighted by atomic mass is 10.1. The SMILES string of the molecule is CC(O)c1cn(C2c3ccccc3-c3ccccc32)nn1. The van der Waals surface area contributed by atoms with Crippen LogP contribution in [0.15, 0.2) is 54.7 Å². The maximum Gasteiger partial charge on any atom is 0.111 e. The Morgan fingerprint density at radius 2 is 1.57 bits per heavy atom. The van der Waals surface area contributed by atoms with Gasteiger partial charge in [0.25, 0.3) is 0 Å². The van der Waals surface area contributed by atoms with Crippen LogP contribution in [0.3, 0.4) is 0 Å². The van der Waals surface area contributed by atoms with Gasteiger partial charge in [-0.05, 0) is 29.2 Å². The minimum Gasteiger partial charge on any atom is -0.387 e. The average molecular weight is 277 g/mol. The van der Waals surface area contributed by atoms with Gasteiger partial charge in [0.1, 0.15) is 11.7 Å². The Hall–Kier alpha value is -2.46. The van der Waals surface area contributed by atoms with Gasteiger partial charge < -0.3 is 5.11 Å².